The molecule has 6 rings (SSSR count). The fourth-order valence-electron chi connectivity index (χ4n) is 5.30. The molecule has 3 atom stereocenters. The molecule has 4 aliphatic rings. The topological polar surface area (TPSA) is 151 Å². The molecule has 0 unspecified atom stereocenters. The number of fused-ring (bicyclic) bond motifs is 1. The Labute approximate surface area is 230 Å². The summed E-state index contributed by atoms with van der Waals surface area (Å²) in [5.41, 5.74) is 3.74. The highest BCUT2D eigenvalue weighted by atomic mass is 16.7. The molecule has 1 aromatic heterocycles. The number of carbonyl (C=O) groups is 4. The number of aromatic amines is 1. The van der Waals surface area contributed by atoms with Gasteiger partial charge < -0.3 is 30.0 Å². The zero-order chi connectivity index (χ0) is 27.9. The van der Waals surface area contributed by atoms with Gasteiger partial charge in [0.15, 0.2) is 11.5 Å². The van der Waals surface area contributed by atoms with Crippen molar-refractivity contribution in [3.63, 3.8) is 0 Å². The van der Waals surface area contributed by atoms with Crippen molar-refractivity contribution in [1.82, 2.24) is 26.0 Å². The zero-order valence-corrected chi connectivity index (χ0v) is 22.0. The molecule has 1 spiro atoms. The van der Waals surface area contributed by atoms with Gasteiger partial charge in [-0.2, -0.15) is 0 Å². The predicted molar refractivity (Wildman–Crippen MR) is 141 cm³/mol. The van der Waals surface area contributed by atoms with Crippen molar-refractivity contribution in [3.05, 3.63) is 53.9 Å². The monoisotopic (exact) mass is 549 g/mol. The summed E-state index contributed by atoms with van der Waals surface area (Å²) in [6.07, 6.45) is 6.23. The smallest absolute Gasteiger partial charge is 0.289 e. The SMILES string of the molecule is CCC[C@H](NC(=O)[C@@H]1C[C@@]2(C=C(c3ccc4c(c3)OCO4)NO2)CN1C(=O)c1ccc[nH]1)C(=O)C(=O)NC1CC1. The third-order valence-electron chi connectivity index (χ3n) is 7.55. The van der Waals surface area contributed by atoms with Gasteiger partial charge in [0.2, 0.25) is 18.5 Å². The van der Waals surface area contributed by atoms with Crippen LogP contribution in [-0.4, -0.2) is 70.5 Å². The van der Waals surface area contributed by atoms with E-state index in [1.165, 1.54) is 4.90 Å². The lowest BCUT2D eigenvalue weighted by Gasteiger charge is -2.25. The van der Waals surface area contributed by atoms with Crippen LogP contribution >= 0.6 is 0 Å². The Morgan fingerprint density at radius 1 is 1.15 bits per heavy atom. The first-order valence-electron chi connectivity index (χ1n) is 13.5. The number of benzene rings is 1. The quantitative estimate of drug-likeness (QED) is 0.343. The predicted octanol–water partition coefficient (Wildman–Crippen LogP) is 1.41. The molecule has 12 nitrogen and oxygen atoms in total. The molecule has 4 heterocycles. The minimum absolute atomic E-state index is 0.0239. The lowest BCUT2D eigenvalue weighted by molar-refractivity contribution is -0.140. The molecule has 40 heavy (non-hydrogen) atoms. The standard InChI is InChI=1S/C28H31N5O7/c1-2-4-18(24(34)26(36)30-17-7-8-17)31-25(35)21-13-28(14-33(21)27(37)19-5-3-10-29-19)12-20(32-40-28)16-6-9-22-23(11-16)39-15-38-22/h3,5-6,9-12,17-18,21,29,32H,2,4,7-8,13-15H2,1H3,(H,30,36)(H,31,35)/t18-,21-,28-/m0/s1. The molecular weight excluding hydrogens is 518 g/mol. The second-order valence-electron chi connectivity index (χ2n) is 10.6. The van der Waals surface area contributed by atoms with Crippen molar-refractivity contribution in [2.24, 2.45) is 0 Å². The number of ketones is 1. The Balaban J connectivity index is 1.24. The summed E-state index contributed by atoms with van der Waals surface area (Å²) < 4.78 is 10.9. The van der Waals surface area contributed by atoms with Crippen molar-refractivity contribution in [2.75, 3.05) is 13.3 Å². The maximum absolute atomic E-state index is 13.7. The van der Waals surface area contributed by atoms with Crippen LogP contribution in [0.3, 0.4) is 0 Å². The number of hydrogen-bond donors (Lipinski definition) is 4. The van der Waals surface area contributed by atoms with Gasteiger partial charge in [-0.05, 0) is 55.7 Å². The van der Waals surface area contributed by atoms with Gasteiger partial charge in [-0.1, -0.05) is 13.3 Å². The highest BCUT2D eigenvalue weighted by Gasteiger charge is 2.52. The number of rotatable bonds is 9. The van der Waals surface area contributed by atoms with Crippen molar-refractivity contribution in [3.8, 4) is 11.5 Å². The van der Waals surface area contributed by atoms with Gasteiger partial charge in [0.05, 0.1) is 18.3 Å². The van der Waals surface area contributed by atoms with E-state index in [9.17, 15) is 19.2 Å². The summed E-state index contributed by atoms with van der Waals surface area (Å²) in [6, 6.07) is 6.93. The first-order chi connectivity index (χ1) is 19.4. The van der Waals surface area contributed by atoms with E-state index in [4.69, 9.17) is 14.3 Å². The molecule has 210 valence electrons. The number of amides is 3. The number of carbonyl (C=O) groups excluding carboxylic acids is 4. The second kappa shape index (κ2) is 10.3. The first kappa shape index (κ1) is 25.9. The molecule has 12 heteroatoms. The molecule has 1 saturated heterocycles. The molecule has 3 aliphatic heterocycles. The Morgan fingerprint density at radius 2 is 1.98 bits per heavy atom. The zero-order valence-electron chi connectivity index (χ0n) is 22.0. The summed E-state index contributed by atoms with van der Waals surface area (Å²) in [5, 5.41) is 5.46. The van der Waals surface area contributed by atoms with Gasteiger partial charge >= 0.3 is 0 Å². The molecule has 4 N–H and O–H groups in total. The van der Waals surface area contributed by atoms with Crippen LogP contribution in [0.1, 0.15) is 55.1 Å². The van der Waals surface area contributed by atoms with Crippen molar-refractivity contribution < 1.29 is 33.5 Å². The number of likely N-dealkylation sites (tertiary alicyclic amines) is 1. The van der Waals surface area contributed by atoms with Gasteiger partial charge in [-0.15, -0.1) is 0 Å². The van der Waals surface area contributed by atoms with Crippen LogP contribution < -0.4 is 25.6 Å². The average molecular weight is 550 g/mol. The van der Waals surface area contributed by atoms with E-state index >= 15 is 0 Å². The number of hydrogen-bond acceptors (Lipinski definition) is 8. The number of nitrogens with zero attached hydrogens (tertiary/aromatic N) is 1. The van der Waals surface area contributed by atoms with Gasteiger partial charge in [0, 0.05) is 24.2 Å². The molecular formula is C28H31N5O7. The number of ether oxygens (including phenoxy) is 2. The third kappa shape index (κ3) is 5.02. The maximum Gasteiger partial charge on any atom is 0.289 e. The van der Waals surface area contributed by atoms with E-state index < -0.39 is 35.3 Å². The minimum Gasteiger partial charge on any atom is -0.454 e. The molecule has 1 aliphatic carbocycles. The minimum atomic E-state index is -0.996. The van der Waals surface area contributed by atoms with Gasteiger partial charge in [0.1, 0.15) is 17.3 Å². The van der Waals surface area contributed by atoms with E-state index in [1.54, 1.807) is 24.4 Å². The number of hydroxylamine groups is 1. The summed E-state index contributed by atoms with van der Waals surface area (Å²) in [5.74, 6) is -0.994. The van der Waals surface area contributed by atoms with Gasteiger partial charge in [-0.25, -0.2) is 0 Å². The average Bonchev–Trinajstić information content (AvgIpc) is 3.42. The highest BCUT2D eigenvalue weighted by molar-refractivity contribution is 6.38. The molecule has 0 bridgehead atoms. The van der Waals surface area contributed by atoms with Crippen LogP contribution in [0.25, 0.3) is 5.70 Å². The van der Waals surface area contributed by atoms with Crippen LogP contribution in [0, 0.1) is 0 Å². The molecule has 1 saturated carbocycles. The van der Waals surface area contributed by atoms with Crippen LogP contribution in [-0.2, 0) is 19.2 Å². The number of nitrogens with one attached hydrogen (secondary N) is 4. The van der Waals surface area contributed by atoms with Crippen LogP contribution in [0.15, 0.2) is 42.6 Å². The summed E-state index contributed by atoms with van der Waals surface area (Å²) in [6.45, 7) is 2.12. The maximum atomic E-state index is 13.7. The van der Waals surface area contributed by atoms with E-state index in [0.717, 1.165) is 18.4 Å². The van der Waals surface area contributed by atoms with Crippen LogP contribution in [0.2, 0.25) is 0 Å². The van der Waals surface area contributed by atoms with Gasteiger partial charge in [-0.3, -0.25) is 29.5 Å². The van der Waals surface area contributed by atoms with Crippen LogP contribution in [0.4, 0.5) is 0 Å². The van der Waals surface area contributed by atoms with E-state index in [2.05, 4.69) is 21.1 Å². The highest BCUT2D eigenvalue weighted by Crippen LogP contribution is 2.40. The summed E-state index contributed by atoms with van der Waals surface area (Å²) in [7, 11) is 0. The number of Topliss-reactive ketones (excluding diaryl/α,β-unsaturated/α-hetero) is 1. The molecule has 2 aromatic rings. The molecule has 2 fully saturated rings. The fourth-order valence-corrected chi connectivity index (χ4v) is 5.30. The molecule has 0 radical (unpaired) electrons. The lowest BCUT2D eigenvalue weighted by Crippen LogP contribution is -2.53. The largest absolute Gasteiger partial charge is 0.454 e. The number of H-pyrrole nitrogens is 1. The Hall–Kier alpha value is -4.32. The van der Waals surface area contributed by atoms with Gasteiger partial charge in [0.25, 0.3) is 11.8 Å². The van der Waals surface area contributed by atoms with Crippen molar-refractivity contribution in [2.45, 2.75) is 62.8 Å². The normalized spacial score (nSPS) is 23.5. The lowest BCUT2D eigenvalue weighted by atomic mass is 9.97. The van der Waals surface area contributed by atoms with Crippen molar-refractivity contribution >= 4 is 29.2 Å². The summed E-state index contributed by atoms with van der Waals surface area (Å²) >= 11 is 0. The van der Waals surface area contributed by atoms with E-state index in [1.807, 2.05) is 25.1 Å². The second-order valence-corrected chi connectivity index (χ2v) is 10.6. The third-order valence-corrected chi connectivity index (χ3v) is 7.55. The van der Waals surface area contributed by atoms with Crippen LogP contribution in [0.5, 0.6) is 11.5 Å². The Morgan fingerprint density at radius 3 is 2.73 bits per heavy atom. The first-order valence-corrected chi connectivity index (χ1v) is 13.5. The molecule has 1 aromatic carbocycles. The number of aromatic nitrogens is 1. The van der Waals surface area contributed by atoms with E-state index in [-0.39, 0.29) is 31.7 Å². The Kier molecular flexibility index (Phi) is 6.70. The summed E-state index contributed by atoms with van der Waals surface area (Å²) in [4.78, 5) is 62.9. The Bertz CT molecular complexity index is 1370. The molecule has 3 amide bonds. The fraction of sp³-hybridized carbons (Fsp3) is 0.429. The van der Waals surface area contributed by atoms with Crippen molar-refractivity contribution in [1.29, 1.82) is 0 Å². The van der Waals surface area contributed by atoms with E-state index in [0.29, 0.717) is 35.7 Å².